The molecule has 0 spiro atoms. The minimum Gasteiger partial charge on any atom is -0.497 e. The van der Waals surface area contributed by atoms with Crippen LogP contribution in [0.15, 0.2) is 18.2 Å². The molecule has 0 fully saturated rings. The summed E-state index contributed by atoms with van der Waals surface area (Å²) >= 11 is 0. The summed E-state index contributed by atoms with van der Waals surface area (Å²) < 4.78 is 24.1. The Morgan fingerprint density at radius 2 is 2.10 bits per heavy atom. The molecule has 0 bridgehead atoms. The molecular formula is C15H23FN2O3. The van der Waals surface area contributed by atoms with Crippen molar-refractivity contribution in [3.8, 4) is 5.75 Å². The van der Waals surface area contributed by atoms with E-state index >= 15 is 0 Å². The molecule has 3 N–H and O–H groups in total. The van der Waals surface area contributed by atoms with E-state index in [4.69, 9.17) is 15.2 Å². The second kappa shape index (κ2) is 7.26. The van der Waals surface area contributed by atoms with Crippen molar-refractivity contribution in [2.45, 2.75) is 32.3 Å². The van der Waals surface area contributed by atoms with E-state index < -0.39 is 17.5 Å². The van der Waals surface area contributed by atoms with E-state index in [1.54, 1.807) is 32.9 Å². The van der Waals surface area contributed by atoms with Gasteiger partial charge in [-0.25, -0.2) is 9.18 Å². The van der Waals surface area contributed by atoms with Crippen LogP contribution in [0, 0.1) is 5.82 Å². The maximum Gasteiger partial charge on any atom is 0.407 e. The van der Waals surface area contributed by atoms with Crippen molar-refractivity contribution < 1.29 is 18.7 Å². The normalized spacial score (nSPS) is 12.7. The van der Waals surface area contributed by atoms with Crippen LogP contribution < -0.4 is 15.8 Å². The number of hydrogen-bond donors (Lipinski definition) is 2. The van der Waals surface area contributed by atoms with Crippen LogP contribution in [0.3, 0.4) is 0 Å². The topological polar surface area (TPSA) is 73.6 Å². The Morgan fingerprint density at radius 1 is 1.43 bits per heavy atom. The second-order valence-electron chi connectivity index (χ2n) is 5.70. The minimum absolute atomic E-state index is 0.203. The third kappa shape index (κ3) is 5.59. The fourth-order valence-corrected chi connectivity index (χ4v) is 1.81. The summed E-state index contributed by atoms with van der Waals surface area (Å²) in [6.45, 7) is 5.73. The summed E-state index contributed by atoms with van der Waals surface area (Å²) in [6, 6.07) is 4.57. The number of amides is 1. The molecule has 1 unspecified atom stereocenters. The number of nitrogens with one attached hydrogen (secondary N) is 1. The molecular weight excluding hydrogens is 275 g/mol. The van der Waals surface area contributed by atoms with Gasteiger partial charge in [0.25, 0.3) is 0 Å². The van der Waals surface area contributed by atoms with Crippen LogP contribution in [0.2, 0.25) is 0 Å². The lowest BCUT2D eigenvalue weighted by atomic mass is 9.98. The zero-order valence-corrected chi connectivity index (χ0v) is 12.9. The molecule has 0 aliphatic carbocycles. The molecule has 21 heavy (non-hydrogen) atoms. The van der Waals surface area contributed by atoms with Crippen molar-refractivity contribution in [1.29, 1.82) is 0 Å². The maximum absolute atomic E-state index is 14.0. The third-order valence-corrected chi connectivity index (χ3v) is 2.82. The monoisotopic (exact) mass is 298 g/mol. The van der Waals surface area contributed by atoms with Gasteiger partial charge in [0.05, 0.1) is 7.11 Å². The lowest BCUT2D eigenvalue weighted by molar-refractivity contribution is 0.0524. The van der Waals surface area contributed by atoms with Gasteiger partial charge in [0.1, 0.15) is 17.2 Å². The quantitative estimate of drug-likeness (QED) is 0.875. The SMILES string of the molecule is COc1ccc(C(CN)CNC(=O)OC(C)(C)C)c(F)c1. The Balaban J connectivity index is 2.69. The number of hydrogen-bond acceptors (Lipinski definition) is 4. The number of alkyl carbamates (subject to hydrolysis) is 1. The Morgan fingerprint density at radius 3 is 2.57 bits per heavy atom. The fraction of sp³-hybridized carbons (Fsp3) is 0.533. The number of benzene rings is 1. The molecule has 1 aromatic rings. The van der Waals surface area contributed by atoms with Gasteiger partial charge in [-0.1, -0.05) is 6.07 Å². The van der Waals surface area contributed by atoms with E-state index in [0.29, 0.717) is 11.3 Å². The Kier molecular flexibility index (Phi) is 5.96. The van der Waals surface area contributed by atoms with Gasteiger partial charge >= 0.3 is 6.09 Å². The Bertz CT molecular complexity index is 486. The van der Waals surface area contributed by atoms with E-state index in [2.05, 4.69) is 5.32 Å². The van der Waals surface area contributed by atoms with Gasteiger partial charge in [0, 0.05) is 25.1 Å². The van der Waals surface area contributed by atoms with Gasteiger partial charge < -0.3 is 20.5 Å². The van der Waals surface area contributed by atoms with Crippen molar-refractivity contribution in [2.75, 3.05) is 20.2 Å². The van der Waals surface area contributed by atoms with E-state index in [0.717, 1.165) is 0 Å². The lowest BCUT2D eigenvalue weighted by Gasteiger charge is -2.22. The van der Waals surface area contributed by atoms with Gasteiger partial charge in [0.2, 0.25) is 0 Å². The molecule has 1 amide bonds. The average molecular weight is 298 g/mol. The van der Waals surface area contributed by atoms with Gasteiger partial charge in [-0.05, 0) is 32.4 Å². The number of carbonyl (C=O) groups is 1. The molecule has 0 aromatic heterocycles. The molecule has 0 radical (unpaired) electrons. The molecule has 0 heterocycles. The summed E-state index contributed by atoms with van der Waals surface area (Å²) in [4.78, 5) is 11.6. The van der Waals surface area contributed by atoms with Crippen LogP contribution in [0.25, 0.3) is 0 Å². The molecule has 0 aliphatic heterocycles. The van der Waals surface area contributed by atoms with Gasteiger partial charge in [-0.2, -0.15) is 0 Å². The number of ether oxygens (including phenoxy) is 2. The van der Waals surface area contributed by atoms with Crippen LogP contribution in [-0.2, 0) is 4.74 Å². The number of rotatable bonds is 5. The molecule has 1 rings (SSSR count). The first-order valence-electron chi connectivity index (χ1n) is 6.77. The van der Waals surface area contributed by atoms with Crippen molar-refractivity contribution in [1.82, 2.24) is 5.32 Å². The highest BCUT2D eigenvalue weighted by atomic mass is 19.1. The summed E-state index contributed by atoms with van der Waals surface area (Å²) in [7, 11) is 1.47. The Labute approximate surface area is 124 Å². The molecule has 1 atom stereocenters. The van der Waals surface area contributed by atoms with Crippen LogP contribution in [-0.4, -0.2) is 31.9 Å². The van der Waals surface area contributed by atoms with Gasteiger partial charge in [0.15, 0.2) is 0 Å². The predicted octanol–water partition coefficient (Wildman–Crippen LogP) is 2.40. The van der Waals surface area contributed by atoms with E-state index in [1.807, 2.05) is 0 Å². The number of carbonyl (C=O) groups excluding carboxylic acids is 1. The molecule has 118 valence electrons. The Hall–Kier alpha value is -1.82. The number of nitrogens with two attached hydrogens (primary N) is 1. The highest BCUT2D eigenvalue weighted by Gasteiger charge is 2.19. The number of methoxy groups -OCH3 is 1. The highest BCUT2D eigenvalue weighted by Crippen LogP contribution is 2.22. The van der Waals surface area contributed by atoms with Gasteiger partial charge in [-0.3, -0.25) is 0 Å². The highest BCUT2D eigenvalue weighted by molar-refractivity contribution is 5.67. The van der Waals surface area contributed by atoms with Crippen molar-refractivity contribution in [3.63, 3.8) is 0 Å². The molecule has 5 nitrogen and oxygen atoms in total. The molecule has 0 saturated heterocycles. The lowest BCUT2D eigenvalue weighted by Crippen LogP contribution is -2.36. The van der Waals surface area contributed by atoms with Crippen LogP contribution in [0.4, 0.5) is 9.18 Å². The van der Waals surface area contributed by atoms with E-state index in [-0.39, 0.29) is 19.0 Å². The first-order chi connectivity index (χ1) is 9.76. The van der Waals surface area contributed by atoms with Crippen molar-refractivity contribution >= 4 is 6.09 Å². The molecule has 1 aromatic carbocycles. The molecule has 6 heteroatoms. The second-order valence-corrected chi connectivity index (χ2v) is 5.70. The van der Waals surface area contributed by atoms with Crippen molar-refractivity contribution in [3.05, 3.63) is 29.6 Å². The maximum atomic E-state index is 14.0. The van der Waals surface area contributed by atoms with Gasteiger partial charge in [-0.15, -0.1) is 0 Å². The van der Waals surface area contributed by atoms with Crippen molar-refractivity contribution in [2.24, 2.45) is 5.73 Å². The first kappa shape index (κ1) is 17.2. The first-order valence-corrected chi connectivity index (χ1v) is 6.77. The standard InChI is InChI=1S/C15H23FN2O3/c1-15(2,3)21-14(19)18-9-10(8-17)12-6-5-11(20-4)7-13(12)16/h5-7,10H,8-9,17H2,1-4H3,(H,18,19). The fourth-order valence-electron chi connectivity index (χ4n) is 1.81. The molecule has 0 saturated carbocycles. The van der Waals surface area contributed by atoms with E-state index in [1.165, 1.54) is 13.2 Å². The summed E-state index contributed by atoms with van der Waals surface area (Å²) in [5, 5.41) is 2.61. The zero-order valence-electron chi connectivity index (χ0n) is 12.9. The zero-order chi connectivity index (χ0) is 16.0. The predicted molar refractivity (Wildman–Crippen MR) is 79.0 cm³/mol. The molecule has 0 aliphatic rings. The number of halogens is 1. The largest absolute Gasteiger partial charge is 0.497 e. The summed E-state index contributed by atoms with van der Waals surface area (Å²) in [5.41, 5.74) is 5.53. The van der Waals surface area contributed by atoms with Crippen LogP contribution in [0.5, 0.6) is 5.75 Å². The third-order valence-electron chi connectivity index (χ3n) is 2.82. The van der Waals surface area contributed by atoms with Crippen LogP contribution >= 0.6 is 0 Å². The smallest absolute Gasteiger partial charge is 0.407 e. The minimum atomic E-state index is -0.576. The van der Waals surface area contributed by atoms with E-state index in [9.17, 15) is 9.18 Å². The average Bonchev–Trinajstić information content (AvgIpc) is 2.38. The summed E-state index contributed by atoms with van der Waals surface area (Å²) in [5.74, 6) is -0.300. The van der Waals surface area contributed by atoms with Crippen LogP contribution in [0.1, 0.15) is 32.3 Å². The summed E-state index contributed by atoms with van der Waals surface area (Å²) in [6.07, 6.45) is -0.546.